The van der Waals surface area contributed by atoms with Crippen LogP contribution in [0.2, 0.25) is 0 Å². The molecule has 0 spiro atoms. The van der Waals surface area contributed by atoms with E-state index in [0.29, 0.717) is 0 Å². The van der Waals surface area contributed by atoms with Crippen molar-refractivity contribution >= 4 is 0 Å². The first-order chi connectivity index (χ1) is 3.41. The standard InChI is InChI=1S/C4H10O.C3H8/c1-4(2,3)5;1-3-2/h5H,1-3H3;3H2,1-2H3. The summed E-state index contributed by atoms with van der Waals surface area (Å²) in [6, 6.07) is 0. The first kappa shape index (κ1) is 10.9. The van der Waals surface area contributed by atoms with Gasteiger partial charge < -0.3 is 5.11 Å². The third-order valence-corrected chi connectivity index (χ3v) is 0. The SMILES string of the molecule is CC(C)(C)O.CCC. The average Bonchev–Trinajstić information content (AvgIpc) is 1.27. The lowest BCUT2D eigenvalue weighted by Crippen LogP contribution is -2.10. The summed E-state index contributed by atoms with van der Waals surface area (Å²) in [6.45, 7) is 9.48. The van der Waals surface area contributed by atoms with Gasteiger partial charge in [0.05, 0.1) is 5.60 Å². The molecule has 0 aromatic carbocycles. The molecule has 0 aliphatic carbocycles. The maximum atomic E-state index is 8.52. The van der Waals surface area contributed by atoms with Gasteiger partial charge in [0, 0.05) is 0 Å². The van der Waals surface area contributed by atoms with Gasteiger partial charge in [-0.05, 0) is 20.8 Å². The Morgan fingerprint density at radius 1 is 1.12 bits per heavy atom. The van der Waals surface area contributed by atoms with E-state index in [-0.39, 0.29) is 0 Å². The van der Waals surface area contributed by atoms with Crippen molar-refractivity contribution in [2.45, 2.75) is 46.6 Å². The molecule has 0 aliphatic rings. The van der Waals surface area contributed by atoms with Gasteiger partial charge in [-0.3, -0.25) is 0 Å². The predicted molar refractivity (Wildman–Crippen MR) is 37.9 cm³/mol. The largest absolute Gasteiger partial charge is 0.391 e. The van der Waals surface area contributed by atoms with E-state index < -0.39 is 5.60 Å². The van der Waals surface area contributed by atoms with Crippen LogP contribution < -0.4 is 0 Å². The van der Waals surface area contributed by atoms with E-state index in [4.69, 9.17) is 5.11 Å². The summed E-state index contributed by atoms with van der Waals surface area (Å²) in [7, 11) is 0. The van der Waals surface area contributed by atoms with Crippen LogP contribution in [0.3, 0.4) is 0 Å². The van der Waals surface area contributed by atoms with Crippen molar-refractivity contribution in [3.63, 3.8) is 0 Å². The lowest BCUT2D eigenvalue weighted by atomic mass is 10.2. The molecule has 0 rings (SSSR count). The molecule has 52 valence electrons. The maximum absolute atomic E-state index is 8.52. The van der Waals surface area contributed by atoms with Gasteiger partial charge in [-0.2, -0.15) is 0 Å². The first-order valence-corrected chi connectivity index (χ1v) is 3.14. The highest BCUT2D eigenvalue weighted by atomic mass is 16.3. The van der Waals surface area contributed by atoms with Crippen LogP contribution in [0, 0.1) is 0 Å². The number of hydrogen-bond acceptors (Lipinski definition) is 1. The highest BCUT2D eigenvalue weighted by Gasteiger charge is 1.97. The fourth-order valence-electron chi connectivity index (χ4n) is 0. The molecule has 0 bridgehead atoms. The maximum Gasteiger partial charge on any atom is 0.0563 e. The van der Waals surface area contributed by atoms with Crippen LogP contribution in [0.5, 0.6) is 0 Å². The Kier molecular flexibility index (Phi) is 6.93. The van der Waals surface area contributed by atoms with Crippen molar-refractivity contribution in [3.8, 4) is 0 Å². The van der Waals surface area contributed by atoms with E-state index in [1.165, 1.54) is 6.42 Å². The summed E-state index contributed by atoms with van der Waals surface area (Å²) >= 11 is 0. The first-order valence-electron chi connectivity index (χ1n) is 3.14. The highest BCUT2D eigenvalue weighted by molar-refractivity contribution is 4.50. The lowest BCUT2D eigenvalue weighted by Gasteiger charge is -2.04. The Hall–Kier alpha value is -0.0400. The summed E-state index contributed by atoms with van der Waals surface area (Å²) < 4.78 is 0. The van der Waals surface area contributed by atoms with Gasteiger partial charge in [-0.15, -0.1) is 0 Å². The molecule has 0 saturated carbocycles. The van der Waals surface area contributed by atoms with E-state index in [2.05, 4.69) is 13.8 Å². The monoisotopic (exact) mass is 118 g/mol. The third-order valence-electron chi connectivity index (χ3n) is 0. The topological polar surface area (TPSA) is 20.2 Å². The molecule has 0 atom stereocenters. The van der Waals surface area contributed by atoms with E-state index >= 15 is 0 Å². The van der Waals surface area contributed by atoms with Crippen molar-refractivity contribution < 1.29 is 5.11 Å². The van der Waals surface area contributed by atoms with Crippen LogP contribution in [-0.4, -0.2) is 10.7 Å². The molecule has 8 heavy (non-hydrogen) atoms. The summed E-state index contributed by atoms with van der Waals surface area (Å²) in [5.41, 5.74) is -0.500. The second-order valence-corrected chi connectivity index (χ2v) is 2.88. The Morgan fingerprint density at radius 3 is 1.12 bits per heavy atom. The Labute approximate surface area is 52.7 Å². The van der Waals surface area contributed by atoms with Crippen LogP contribution in [0.25, 0.3) is 0 Å². The van der Waals surface area contributed by atoms with Crippen molar-refractivity contribution in [2.75, 3.05) is 0 Å². The van der Waals surface area contributed by atoms with E-state index in [0.717, 1.165) is 0 Å². The molecule has 0 aromatic rings. The van der Waals surface area contributed by atoms with Gasteiger partial charge in [0.15, 0.2) is 0 Å². The lowest BCUT2D eigenvalue weighted by molar-refractivity contribution is 0.102. The summed E-state index contributed by atoms with van der Waals surface area (Å²) in [5, 5.41) is 8.52. The Morgan fingerprint density at radius 2 is 1.12 bits per heavy atom. The van der Waals surface area contributed by atoms with Gasteiger partial charge in [0.2, 0.25) is 0 Å². The van der Waals surface area contributed by atoms with Gasteiger partial charge >= 0.3 is 0 Å². The molecule has 0 saturated heterocycles. The van der Waals surface area contributed by atoms with E-state index in [1.807, 2.05) is 0 Å². The number of aliphatic hydroxyl groups is 1. The summed E-state index contributed by atoms with van der Waals surface area (Å²) in [4.78, 5) is 0. The zero-order valence-corrected chi connectivity index (χ0v) is 6.65. The summed E-state index contributed by atoms with van der Waals surface area (Å²) in [5.74, 6) is 0. The molecule has 0 heterocycles. The molecule has 0 aliphatic heterocycles. The zero-order valence-electron chi connectivity index (χ0n) is 6.65. The van der Waals surface area contributed by atoms with Gasteiger partial charge in [0.1, 0.15) is 0 Å². The van der Waals surface area contributed by atoms with Gasteiger partial charge in [-0.1, -0.05) is 20.3 Å². The fraction of sp³-hybridized carbons (Fsp3) is 1.00. The average molecular weight is 118 g/mol. The molecule has 1 N–H and O–H groups in total. The van der Waals surface area contributed by atoms with E-state index in [1.54, 1.807) is 20.8 Å². The molecule has 0 unspecified atom stereocenters. The smallest absolute Gasteiger partial charge is 0.0563 e. The second-order valence-electron chi connectivity index (χ2n) is 2.88. The van der Waals surface area contributed by atoms with Crippen LogP contribution in [0.15, 0.2) is 0 Å². The minimum Gasteiger partial charge on any atom is -0.391 e. The Bertz CT molecular complexity index is 28.1. The Balaban J connectivity index is 0. The van der Waals surface area contributed by atoms with Gasteiger partial charge in [0.25, 0.3) is 0 Å². The molecular formula is C7H18O. The molecule has 0 fully saturated rings. The van der Waals surface area contributed by atoms with Crippen LogP contribution in [0.4, 0.5) is 0 Å². The third kappa shape index (κ3) is 91600. The molecule has 1 nitrogen and oxygen atoms in total. The molecule has 0 aromatic heterocycles. The van der Waals surface area contributed by atoms with Crippen LogP contribution in [0.1, 0.15) is 41.0 Å². The second kappa shape index (κ2) is 5.10. The van der Waals surface area contributed by atoms with E-state index in [9.17, 15) is 0 Å². The van der Waals surface area contributed by atoms with Crippen molar-refractivity contribution in [1.29, 1.82) is 0 Å². The highest BCUT2D eigenvalue weighted by Crippen LogP contribution is 1.93. The molecule has 1 heteroatoms. The fourth-order valence-corrected chi connectivity index (χ4v) is 0. The quantitative estimate of drug-likeness (QED) is 0.517. The van der Waals surface area contributed by atoms with Crippen LogP contribution in [-0.2, 0) is 0 Å². The van der Waals surface area contributed by atoms with Crippen LogP contribution >= 0.6 is 0 Å². The summed E-state index contributed by atoms with van der Waals surface area (Å²) in [6.07, 6.45) is 1.25. The van der Waals surface area contributed by atoms with Crippen molar-refractivity contribution in [1.82, 2.24) is 0 Å². The minimum atomic E-state index is -0.500. The van der Waals surface area contributed by atoms with Crippen molar-refractivity contribution in [3.05, 3.63) is 0 Å². The number of rotatable bonds is 0. The van der Waals surface area contributed by atoms with Gasteiger partial charge in [-0.25, -0.2) is 0 Å². The normalized spacial score (nSPS) is 9.75. The number of hydrogen-bond donors (Lipinski definition) is 1. The minimum absolute atomic E-state index is 0.500. The zero-order chi connectivity index (χ0) is 7.21. The molecule has 0 amide bonds. The molecular weight excluding hydrogens is 100 g/mol. The predicted octanol–water partition coefficient (Wildman–Crippen LogP) is 2.19. The van der Waals surface area contributed by atoms with Crippen molar-refractivity contribution in [2.24, 2.45) is 0 Å². The molecule has 0 radical (unpaired) electrons.